The predicted molar refractivity (Wildman–Crippen MR) is 98.9 cm³/mol. The fourth-order valence-corrected chi connectivity index (χ4v) is 2.95. The summed E-state index contributed by atoms with van der Waals surface area (Å²) in [6.07, 6.45) is -0.441. The van der Waals surface area contributed by atoms with Crippen LogP contribution < -0.4 is 5.32 Å². The molecule has 8 nitrogen and oxygen atoms in total. The molecule has 3 amide bonds. The molecule has 0 saturated carbocycles. The van der Waals surface area contributed by atoms with Crippen LogP contribution in [0.3, 0.4) is 0 Å². The number of likely N-dealkylation sites (tertiary alicyclic amines) is 1. The van der Waals surface area contributed by atoms with E-state index >= 15 is 0 Å². The first-order chi connectivity index (χ1) is 12.4. The van der Waals surface area contributed by atoms with Crippen LogP contribution in [0.1, 0.15) is 48.0 Å². The largest absolute Gasteiger partial charge is 0.447 e. The molecule has 1 saturated heterocycles. The second kappa shape index (κ2) is 9.82. The van der Waals surface area contributed by atoms with Crippen LogP contribution in [-0.2, 0) is 23.9 Å². The molecule has 1 heterocycles. The number of ketones is 1. The van der Waals surface area contributed by atoms with E-state index in [0.717, 1.165) is 0 Å². The maximum Gasteiger partial charge on any atom is 0.407 e. The van der Waals surface area contributed by atoms with Crippen molar-refractivity contribution in [3.05, 3.63) is 0 Å². The summed E-state index contributed by atoms with van der Waals surface area (Å²) < 4.78 is 10.3. The van der Waals surface area contributed by atoms with E-state index in [1.807, 2.05) is 34.6 Å². The Bertz CT molecular complexity index is 567. The molecule has 154 valence electrons. The van der Waals surface area contributed by atoms with Gasteiger partial charge in [-0.3, -0.25) is 19.3 Å². The number of nitrogens with zero attached hydrogens (tertiary/aromatic N) is 1. The first-order valence-corrected chi connectivity index (χ1v) is 9.30. The number of ether oxygens (including phenoxy) is 2. The number of hydrogen-bond donors (Lipinski definition) is 1. The van der Waals surface area contributed by atoms with Gasteiger partial charge in [0.25, 0.3) is 0 Å². The zero-order valence-corrected chi connectivity index (χ0v) is 17.2. The van der Waals surface area contributed by atoms with Crippen LogP contribution in [0, 0.1) is 17.3 Å². The summed E-state index contributed by atoms with van der Waals surface area (Å²) >= 11 is 0. The van der Waals surface area contributed by atoms with Crippen molar-refractivity contribution in [3.63, 3.8) is 0 Å². The molecule has 0 aliphatic carbocycles. The van der Waals surface area contributed by atoms with Gasteiger partial charge < -0.3 is 14.8 Å². The van der Waals surface area contributed by atoms with Gasteiger partial charge in [-0.05, 0) is 18.3 Å². The first-order valence-electron chi connectivity index (χ1n) is 9.30. The van der Waals surface area contributed by atoms with Gasteiger partial charge in [0.15, 0.2) is 5.78 Å². The molecule has 0 bridgehead atoms. The van der Waals surface area contributed by atoms with Crippen molar-refractivity contribution in [2.24, 2.45) is 17.3 Å². The number of nitrogens with one attached hydrogen (secondary N) is 1. The molecule has 0 spiro atoms. The van der Waals surface area contributed by atoms with E-state index in [4.69, 9.17) is 9.47 Å². The summed E-state index contributed by atoms with van der Waals surface area (Å²) in [7, 11) is 0. The average molecular weight is 384 g/mol. The van der Waals surface area contributed by atoms with Gasteiger partial charge in [0.2, 0.25) is 11.8 Å². The van der Waals surface area contributed by atoms with Crippen molar-refractivity contribution in [1.82, 2.24) is 10.2 Å². The fourth-order valence-electron chi connectivity index (χ4n) is 2.95. The molecule has 1 rings (SSSR count). The number of rotatable bonds is 9. The molecule has 1 aliphatic rings. The van der Waals surface area contributed by atoms with Gasteiger partial charge in [-0.15, -0.1) is 0 Å². The molecule has 2 atom stereocenters. The fraction of sp³-hybridized carbons (Fsp3) is 0.789. The molecule has 0 radical (unpaired) electrons. The molecule has 8 heteroatoms. The predicted octanol–water partition coefficient (Wildman–Crippen LogP) is 1.76. The molecule has 0 aromatic heterocycles. The van der Waals surface area contributed by atoms with Gasteiger partial charge in [-0.25, -0.2) is 4.79 Å². The Hall–Kier alpha value is -1.96. The van der Waals surface area contributed by atoms with Crippen LogP contribution in [0.15, 0.2) is 0 Å². The zero-order valence-electron chi connectivity index (χ0n) is 17.2. The Morgan fingerprint density at radius 1 is 1.19 bits per heavy atom. The smallest absolute Gasteiger partial charge is 0.407 e. The van der Waals surface area contributed by atoms with Gasteiger partial charge >= 0.3 is 6.09 Å². The number of Topliss-reactive ketones (excluding diaryl/α,β-unsaturated/α-hetero) is 1. The minimum absolute atomic E-state index is 0.0149. The molecule has 1 N–H and O–H groups in total. The van der Waals surface area contributed by atoms with Crippen molar-refractivity contribution < 1.29 is 28.7 Å². The van der Waals surface area contributed by atoms with Gasteiger partial charge in [-0.2, -0.15) is 0 Å². The summed E-state index contributed by atoms with van der Waals surface area (Å²) in [6, 6.07) is -0.582. The topological polar surface area (TPSA) is 102 Å². The van der Waals surface area contributed by atoms with E-state index in [2.05, 4.69) is 5.32 Å². The van der Waals surface area contributed by atoms with E-state index in [9.17, 15) is 19.2 Å². The standard InChI is InChI=1S/C19H32N2O6/c1-12(2)16(13(3)22)20-18(25)27-10-9-26-8-7-21-15(23)11-14(17(21)24)19(4,5)6/h12,14,16H,7-11H2,1-6H3,(H,20,25)/t14-,16-/m0/s1. The van der Waals surface area contributed by atoms with Crippen molar-refractivity contribution in [2.75, 3.05) is 26.4 Å². The Morgan fingerprint density at radius 3 is 2.30 bits per heavy atom. The van der Waals surface area contributed by atoms with E-state index < -0.39 is 12.1 Å². The normalized spacial score (nSPS) is 18.8. The second-order valence-electron chi connectivity index (χ2n) is 8.23. The molecule has 0 aromatic rings. The Balaban J connectivity index is 2.26. The molecule has 0 aromatic carbocycles. The SMILES string of the molecule is CC(=O)[C@@H](NC(=O)OCCOCCN1C(=O)C[C@H](C(C)(C)C)C1=O)C(C)C. The van der Waals surface area contributed by atoms with Crippen molar-refractivity contribution in [1.29, 1.82) is 0 Å². The highest BCUT2D eigenvalue weighted by Gasteiger charge is 2.44. The van der Waals surface area contributed by atoms with Crippen molar-refractivity contribution in [2.45, 2.75) is 54.0 Å². The van der Waals surface area contributed by atoms with Gasteiger partial charge in [-0.1, -0.05) is 34.6 Å². The van der Waals surface area contributed by atoms with Gasteiger partial charge in [0.05, 0.1) is 31.7 Å². The van der Waals surface area contributed by atoms with E-state index in [-0.39, 0.29) is 67.6 Å². The lowest BCUT2D eigenvalue weighted by Gasteiger charge is -2.24. The van der Waals surface area contributed by atoms with Crippen LogP contribution in [0.2, 0.25) is 0 Å². The third-order valence-electron chi connectivity index (χ3n) is 4.59. The number of carbonyl (C=O) groups is 4. The van der Waals surface area contributed by atoms with E-state index in [1.54, 1.807) is 0 Å². The minimum atomic E-state index is -0.676. The third-order valence-corrected chi connectivity index (χ3v) is 4.59. The van der Waals surface area contributed by atoms with Crippen LogP contribution in [0.4, 0.5) is 4.79 Å². The lowest BCUT2D eigenvalue weighted by molar-refractivity contribution is -0.141. The third kappa shape index (κ3) is 6.93. The lowest BCUT2D eigenvalue weighted by Crippen LogP contribution is -2.43. The first kappa shape index (κ1) is 23.1. The summed E-state index contributed by atoms with van der Waals surface area (Å²) in [5, 5.41) is 2.52. The highest BCUT2D eigenvalue weighted by Crippen LogP contribution is 2.35. The molecular weight excluding hydrogens is 352 g/mol. The zero-order chi connectivity index (χ0) is 20.8. The Kier molecular flexibility index (Phi) is 8.40. The summed E-state index contributed by atoms with van der Waals surface area (Å²) in [6.45, 7) is 11.4. The van der Waals surface area contributed by atoms with E-state index in [0.29, 0.717) is 0 Å². The molecule has 1 aliphatic heterocycles. The maximum atomic E-state index is 12.3. The Labute approximate surface area is 160 Å². The monoisotopic (exact) mass is 384 g/mol. The number of hydrogen-bond acceptors (Lipinski definition) is 6. The second-order valence-corrected chi connectivity index (χ2v) is 8.23. The number of amides is 3. The molecule has 0 unspecified atom stereocenters. The summed E-state index contributed by atoms with van der Waals surface area (Å²) in [4.78, 5) is 48.7. The Morgan fingerprint density at radius 2 is 1.81 bits per heavy atom. The minimum Gasteiger partial charge on any atom is -0.447 e. The average Bonchev–Trinajstić information content (AvgIpc) is 2.82. The summed E-state index contributed by atoms with van der Waals surface area (Å²) in [5.41, 5.74) is -0.253. The number of imide groups is 1. The highest BCUT2D eigenvalue weighted by atomic mass is 16.6. The van der Waals surface area contributed by atoms with Crippen molar-refractivity contribution in [3.8, 4) is 0 Å². The maximum absolute atomic E-state index is 12.3. The highest BCUT2D eigenvalue weighted by molar-refractivity contribution is 6.03. The number of alkyl carbamates (subject to hydrolysis) is 1. The van der Waals surface area contributed by atoms with Crippen LogP contribution >= 0.6 is 0 Å². The van der Waals surface area contributed by atoms with Crippen molar-refractivity contribution >= 4 is 23.7 Å². The summed E-state index contributed by atoms with van der Waals surface area (Å²) in [5.74, 6) is -0.795. The quantitative estimate of drug-likeness (QED) is 0.480. The van der Waals surface area contributed by atoms with Gasteiger partial charge in [0, 0.05) is 6.42 Å². The van der Waals surface area contributed by atoms with Crippen LogP contribution in [-0.4, -0.2) is 61.0 Å². The van der Waals surface area contributed by atoms with E-state index in [1.165, 1.54) is 11.8 Å². The van der Waals surface area contributed by atoms with Crippen LogP contribution in [0.5, 0.6) is 0 Å². The molecule has 1 fully saturated rings. The molecular formula is C19H32N2O6. The number of carbonyl (C=O) groups excluding carboxylic acids is 4. The molecule has 27 heavy (non-hydrogen) atoms. The van der Waals surface area contributed by atoms with Gasteiger partial charge in [0.1, 0.15) is 6.61 Å². The van der Waals surface area contributed by atoms with Crippen LogP contribution in [0.25, 0.3) is 0 Å². The lowest BCUT2D eigenvalue weighted by atomic mass is 9.80.